The Hall–Kier alpha value is -0.860. The Balaban J connectivity index is 2.08. The van der Waals surface area contributed by atoms with Gasteiger partial charge in [-0.15, -0.1) is 0 Å². The van der Waals surface area contributed by atoms with Gasteiger partial charge in [0.1, 0.15) is 0 Å². The number of nitrogens with zero attached hydrogens (tertiary/aromatic N) is 1. The van der Waals surface area contributed by atoms with Crippen molar-refractivity contribution in [3.63, 3.8) is 0 Å². The van der Waals surface area contributed by atoms with Crippen LogP contribution in [0.3, 0.4) is 0 Å². The molecule has 1 N–H and O–H groups in total. The molecule has 1 aliphatic rings. The molecule has 2 heteroatoms. The molecular weight excluding hydrogens is 256 g/mol. The summed E-state index contributed by atoms with van der Waals surface area (Å²) >= 11 is 0. The van der Waals surface area contributed by atoms with Crippen molar-refractivity contribution in [3.05, 3.63) is 35.9 Å². The van der Waals surface area contributed by atoms with Crippen LogP contribution in [0.4, 0.5) is 0 Å². The van der Waals surface area contributed by atoms with Crippen molar-refractivity contribution in [2.75, 3.05) is 26.7 Å². The minimum atomic E-state index is 0.184. The van der Waals surface area contributed by atoms with Gasteiger partial charge in [0.15, 0.2) is 0 Å². The maximum atomic E-state index is 3.57. The van der Waals surface area contributed by atoms with Gasteiger partial charge in [-0.05, 0) is 32.0 Å². The Morgan fingerprint density at radius 1 is 1.14 bits per heavy atom. The Labute approximate surface area is 130 Å². The second-order valence-corrected chi connectivity index (χ2v) is 6.91. The van der Waals surface area contributed by atoms with Crippen molar-refractivity contribution >= 4 is 0 Å². The molecule has 1 aromatic carbocycles. The van der Waals surface area contributed by atoms with E-state index in [1.165, 1.54) is 37.7 Å². The van der Waals surface area contributed by atoms with Gasteiger partial charge in [0.25, 0.3) is 0 Å². The smallest absolute Gasteiger partial charge is 0.0177 e. The first-order chi connectivity index (χ1) is 10.2. The van der Waals surface area contributed by atoms with Crippen molar-refractivity contribution in [3.8, 4) is 0 Å². The Morgan fingerprint density at radius 3 is 2.43 bits per heavy atom. The average molecular weight is 288 g/mol. The first-order valence-electron chi connectivity index (χ1n) is 8.62. The molecule has 1 unspecified atom stereocenters. The fourth-order valence-corrected chi connectivity index (χ4v) is 3.69. The van der Waals surface area contributed by atoms with Crippen LogP contribution < -0.4 is 5.32 Å². The monoisotopic (exact) mass is 288 g/mol. The molecule has 21 heavy (non-hydrogen) atoms. The standard InChI is InChI=1S/C19H32N2/c1-4-20-15-19(2,17-11-7-5-8-12-17)16-21(3)18-13-9-6-10-14-18/h5,7-8,11-12,18,20H,4,6,9-10,13-16H2,1-3H3. The quantitative estimate of drug-likeness (QED) is 0.820. The highest BCUT2D eigenvalue weighted by Gasteiger charge is 2.30. The minimum absolute atomic E-state index is 0.184. The number of nitrogens with one attached hydrogen (secondary N) is 1. The molecule has 2 nitrogen and oxygen atoms in total. The molecule has 0 spiro atoms. The fourth-order valence-electron chi connectivity index (χ4n) is 3.69. The second-order valence-electron chi connectivity index (χ2n) is 6.91. The summed E-state index contributed by atoms with van der Waals surface area (Å²) in [7, 11) is 2.32. The zero-order valence-corrected chi connectivity index (χ0v) is 14.1. The van der Waals surface area contributed by atoms with E-state index in [1.807, 2.05) is 0 Å². The summed E-state index contributed by atoms with van der Waals surface area (Å²) in [5.41, 5.74) is 1.64. The molecule has 0 bridgehead atoms. The van der Waals surface area contributed by atoms with Gasteiger partial charge >= 0.3 is 0 Å². The first-order valence-corrected chi connectivity index (χ1v) is 8.62. The molecular formula is C19H32N2. The number of benzene rings is 1. The number of likely N-dealkylation sites (N-methyl/N-ethyl adjacent to an activating group) is 2. The van der Waals surface area contributed by atoms with Crippen LogP contribution in [0.25, 0.3) is 0 Å². The van der Waals surface area contributed by atoms with E-state index in [9.17, 15) is 0 Å². The predicted octanol–water partition coefficient (Wildman–Crippen LogP) is 3.82. The van der Waals surface area contributed by atoms with Crippen molar-refractivity contribution < 1.29 is 0 Å². The van der Waals surface area contributed by atoms with Crippen LogP contribution in [-0.2, 0) is 5.41 Å². The van der Waals surface area contributed by atoms with Crippen LogP contribution in [0, 0.1) is 0 Å². The summed E-state index contributed by atoms with van der Waals surface area (Å²) in [4.78, 5) is 2.61. The molecule has 1 fully saturated rings. The Bertz CT molecular complexity index is 397. The van der Waals surface area contributed by atoms with Gasteiger partial charge in [-0.25, -0.2) is 0 Å². The normalized spacial score (nSPS) is 19.6. The molecule has 2 rings (SSSR count). The van der Waals surface area contributed by atoms with E-state index in [0.29, 0.717) is 0 Å². The topological polar surface area (TPSA) is 15.3 Å². The van der Waals surface area contributed by atoms with Crippen molar-refractivity contribution in [1.82, 2.24) is 10.2 Å². The molecule has 1 aromatic rings. The first kappa shape index (κ1) is 16.5. The highest BCUT2D eigenvalue weighted by atomic mass is 15.1. The van der Waals surface area contributed by atoms with E-state index in [-0.39, 0.29) is 5.41 Å². The summed E-state index contributed by atoms with van der Waals surface area (Å²) in [6.45, 7) is 7.81. The van der Waals surface area contributed by atoms with Crippen LogP contribution in [0.2, 0.25) is 0 Å². The Kier molecular flexibility index (Phi) is 6.25. The molecule has 0 aliphatic heterocycles. The third-order valence-electron chi connectivity index (χ3n) is 5.03. The third kappa shape index (κ3) is 4.55. The lowest BCUT2D eigenvalue weighted by molar-refractivity contribution is 0.155. The summed E-state index contributed by atoms with van der Waals surface area (Å²) < 4.78 is 0. The van der Waals surface area contributed by atoms with Gasteiger partial charge < -0.3 is 10.2 Å². The van der Waals surface area contributed by atoms with Gasteiger partial charge in [-0.1, -0.05) is 63.4 Å². The van der Waals surface area contributed by atoms with Crippen molar-refractivity contribution in [2.45, 2.75) is 57.4 Å². The molecule has 1 aliphatic carbocycles. The maximum Gasteiger partial charge on any atom is 0.0177 e. The summed E-state index contributed by atoms with van der Waals surface area (Å²) in [5, 5.41) is 3.57. The fraction of sp³-hybridized carbons (Fsp3) is 0.684. The molecule has 1 atom stereocenters. The molecule has 0 heterocycles. The van der Waals surface area contributed by atoms with E-state index in [2.05, 4.69) is 61.4 Å². The van der Waals surface area contributed by atoms with E-state index < -0.39 is 0 Å². The van der Waals surface area contributed by atoms with Crippen LogP contribution in [0.15, 0.2) is 30.3 Å². The van der Waals surface area contributed by atoms with Gasteiger partial charge in [0.2, 0.25) is 0 Å². The van der Waals surface area contributed by atoms with Gasteiger partial charge in [0, 0.05) is 24.5 Å². The SMILES string of the molecule is CCNCC(C)(CN(C)C1CCCCC1)c1ccccc1. The van der Waals surface area contributed by atoms with E-state index in [0.717, 1.165) is 25.7 Å². The van der Waals surface area contributed by atoms with Crippen LogP contribution in [0.5, 0.6) is 0 Å². The number of rotatable bonds is 7. The predicted molar refractivity (Wildman–Crippen MR) is 91.8 cm³/mol. The lowest BCUT2D eigenvalue weighted by atomic mass is 9.81. The molecule has 0 radical (unpaired) electrons. The Morgan fingerprint density at radius 2 is 1.81 bits per heavy atom. The van der Waals surface area contributed by atoms with Crippen LogP contribution in [0.1, 0.15) is 51.5 Å². The average Bonchev–Trinajstić information content (AvgIpc) is 2.54. The van der Waals surface area contributed by atoms with Crippen LogP contribution in [-0.4, -0.2) is 37.6 Å². The van der Waals surface area contributed by atoms with E-state index in [4.69, 9.17) is 0 Å². The molecule has 1 saturated carbocycles. The van der Waals surface area contributed by atoms with E-state index in [1.54, 1.807) is 0 Å². The highest BCUT2D eigenvalue weighted by Crippen LogP contribution is 2.28. The lowest BCUT2D eigenvalue weighted by Crippen LogP contribution is -2.47. The van der Waals surface area contributed by atoms with Gasteiger partial charge in [0.05, 0.1) is 0 Å². The highest BCUT2D eigenvalue weighted by molar-refractivity contribution is 5.25. The zero-order chi connectivity index (χ0) is 15.1. The van der Waals surface area contributed by atoms with Gasteiger partial charge in [-0.2, -0.15) is 0 Å². The number of hydrogen-bond acceptors (Lipinski definition) is 2. The third-order valence-corrected chi connectivity index (χ3v) is 5.03. The summed E-state index contributed by atoms with van der Waals surface area (Å²) in [6.07, 6.45) is 7.00. The minimum Gasteiger partial charge on any atom is -0.316 e. The van der Waals surface area contributed by atoms with Crippen molar-refractivity contribution in [1.29, 1.82) is 0 Å². The molecule has 0 amide bonds. The summed E-state index contributed by atoms with van der Waals surface area (Å²) in [5.74, 6) is 0. The van der Waals surface area contributed by atoms with E-state index >= 15 is 0 Å². The molecule has 118 valence electrons. The molecule has 0 saturated heterocycles. The largest absolute Gasteiger partial charge is 0.316 e. The number of hydrogen-bond donors (Lipinski definition) is 1. The van der Waals surface area contributed by atoms with Gasteiger partial charge in [-0.3, -0.25) is 0 Å². The summed E-state index contributed by atoms with van der Waals surface area (Å²) in [6, 6.07) is 11.8. The van der Waals surface area contributed by atoms with Crippen molar-refractivity contribution in [2.24, 2.45) is 0 Å². The second kappa shape index (κ2) is 7.95. The maximum absolute atomic E-state index is 3.57. The molecule has 0 aromatic heterocycles. The zero-order valence-electron chi connectivity index (χ0n) is 14.1. The van der Waals surface area contributed by atoms with Crippen LogP contribution >= 0.6 is 0 Å². The lowest BCUT2D eigenvalue weighted by Gasteiger charge is -2.39.